The van der Waals surface area contributed by atoms with Crippen molar-refractivity contribution in [3.8, 4) is 0 Å². The topological polar surface area (TPSA) is 41.6 Å². The van der Waals surface area contributed by atoms with Gasteiger partial charge >= 0.3 is 0 Å². The molecule has 4 nitrogen and oxygen atoms in total. The van der Waals surface area contributed by atoms with Crippen LogP contribution in [0, 0.1) is 0 Å². The second-order valence-corrected chi connectivity index (χ2v) is 2.74. The average molecular weight is 160 g/mol. The minimum Gasteiger partial charge on any atom is -0.295 e. The molecule has 1 N–H and O–H groups in total. The molecule has 11 heavy (non-hydrogen) atoms. The SMILES string of the molecule is CONC(=O)CN(C)C(C)C. The molecule has 0 aliphatic heterocycles. The van der Waals surface area contributed by atoms with E-state index in [1.807, 2.05) is 25.8 Å². The maximum atomic E-state index is 10.9. The monoisotopic (exact) mass is 160 g/mol. The van der Waals surface area contributed by atoms with Gasteiger partial charge in [0.05, 0.1) is 13.7 Å². The Kier molecular flexibility index (Phi) is 4.81. The number of amides is 1. The lowest BCUT2D eigenvalue weighted by atomic mass is 10.3. The molecule has 0 aliphatic rings. The quantitative estimate of drug-likeness (QED) is 0.589. The van der Waals surface area contributed by atoms with E-state index in [9.17, 15) is 4.79 Å². The van der Waals surface area contributed by atoms with E-state index in [-0.39, 0.29) is 5.91 Å². The zero-order chi connectivity index (χ0) is 8.85. The van der Waals surface area contributed by atoms with E-state index >= 15 is 0 Å². The summed E-state index contributed by atoms with van der Waals surface area (Å²) in [5.74, 6) is -0.122. The smallest absolute Gasteiger partial charge is 0.257 e. The zero-order valence-corrected chi connectivity index (χ0v) is 7.55. The molecule has 0 rings (SSSR count). The van der Waals surface area contributed by atoms with Crippen LogP contribution in [0.1, 0.15) is 13.8 Å². The van der Waals surface area contributed by atoms with E-state index in [2.05, 4.69) is 10.3 Å². The molecule has 0 spiro atoms. The van der Waals surface area contributed by atoms with Gasteiger partial charge < -0.3 is 0 Å². The van der Waals surface area contributed by atoms with Crippen molar-refractivity contribution in [2.24, 2.45) is 0 Å². The Morgan fingerprint density at radius 2 is 2.18 bits per heavy atom. The normalized spacial score (nSPS) is 10.7. The predicted molar refractivity (Wildman–Crippen MR) is 42.9 cm³/mol. The zero-order valence-electron chi connectivity index (χ0n) is 7.55. The molecule has 0 aromatic heterocycles. The molecule has 0 heterocycles. The van der Waals surface area contributed by atoms with Gasteiger partial charge in [0, 0.05) is 6.04 Å². The number of carbonyl (C=O) groups is 1. The van der Waals surface area contributed by atoms with Crippen molar-refractivity contribution in [2.45, 2.75) is 19.9 Å². The molecule has 1 amide bonds. The second-order valence-electron chi connectivity index (χ2n) is 2.74. The Hall–Kier alpha value is -0.610. The van der Waals surface area contributed by atoms with Crippen LogP contribution in [0.3, 0.4) is 0 Å². The van der Waals surface area contributed by atoms with Crippen LogP contribution < -0.4 is 5.48 Å². The Morgan fingerprint density at radius 3 is 2.55 bits per heavy atom. The number of rotatable bonds is 4. The summed E-state index contributed by atoms with van der Waals surface area (Å²) in [6.07, 6.45) is 0. The standard InChI is InChI=1S/C7H16N2O2/c1-6(2)9(3)5-7(10)8-11-4/h6H,5H2,1-4H3,(H,8,10). The van der Waals surface area contributed by atoms with Crippen molar-refractivity contribution in [1.29, 1.82) is 0 Å². The lowest BCUT2D eigenvalue weighted by Gasteiger charge is -2.19. The van der Waals surface area contributed by atoms with Gasteiger partial charge in [0.1, 0.15) is 0 Å². The van der Waals surface area contributed by atoms with Gasteiger partial charge in [-0.05, 0) is 20.9 Å². The molecule has 66 valence electrons. The lowest BCUT2D eigenvalue weighted by molar-refractivity contribution is -0.132. The fourth-order valence-electron chi connectivity index (χ4n) is 0.555. The van der Waals surface area contributed by atoms with Crippen molar-refractivity contribution < 1.29 is 9.63 Å². The summed E-state index contributed by atoms with van der Waals surface area (Å²) in [5, 5.41) is 0. The van der Waals surface area contributed by atoms with Gasteiger partial charge in [0.25, 0.3) is 5.91 Å². The van der Waals surface area contributed by atoms with E-state index in [1.165, 1.54) is 7.11 Å². The van der Waals surface area contributed by atoms with Crippen molar-refractivity contribution in [3.05, 3.63) is 0 Å². The summed E-state index contributed by atoms with van der Waals surface area (Å²) in [5.41, 5.74) is 2.25. The minimum atomic E-state index is -0.122. The molecule has 0 atom stereocenters. The number of nitrogens with zero attached hydrogens (tertiary/aromatic N) is 1. The summed E-state index contributed by atoms with van der Waals surface area (Å²) in [6.45, 7) is 4.42. The molecule has 0 aliphatic carbocycles. The Bertz CT molecular complexity index is 126. The third-order valence-electron chi connectivity index (χ3n) is 1.49. The van der Waals surface area contributed by atoms with E-state index in [4.69, 9.17) is 0 Å². The fraction of sp³-hybridized carbons (Fsp3) is 0.857. The number of carbonyl (C=O) groups excluding carboxylic acids is 1. The molecule has 0 fully saturated rings. The van der Waals surface area contributed by atoms with Crippen LogP contribution in [-0.4, -0.2) is 37.6 Å². The third-order valence-corrected chi connectivity index (χ3v) is 1.49. The van der Waals surface area contributed by atoms with Crippen LogP contribution in [0.4, 0.5) is 0 Å². The van der Waals surface area contributed by atoms with Gasteiger partial charge in [-0.1, -0.05) is 0 Å². The highest BCUT2D eigenvalue weighted by molar-refractivity contribution is 5.76. The first kappa shape index (κ1) is 10.4. The number of hydroxylamine groups is 1. The summed E-state index contributed by atoms with van der Waals surface area (Å²) < 4.78 is 0. The average Bonchev–Trinajstić information content (AvgIpc) is 1.87. The summed E-state index contributed by atoms with van der Waals surface area (Å²) in [7, 11) is 3.31. The maximum absolute atomic E-state index is 10.9. The molecule has 0 aromatic carbocycles. The first-order valence-electron chi connectivity index (χ1n) is 3.60. The van der Waals surface area contributed by atoms with Gasteiger partial charge in [-0.3, -0.25) is 14.5 Å². The molecule has 4 heteroatoms. The highest BCUT2D eigenvalue weighted by atomic mass is 16.6. The first-order valence-corrected chi connectivity index (χ1v) is 3.60. The molecule has 0 unspecified atom stereocenters. The van der Waals surface area contributed by atoms with Crippen molar-refractivity contribution in [3.63, 3.8) is 0 Å². The van der Waals surface area contributed by atoms with Crippen LogP contribution in [0.25, 0.3) is 0 Å². The van der Waals surface area contributed by atoms with Crippen LogP contribution in [-0.2, 0) is 9.63 Å². The molecular weight excluding hydrogens is 144 g/mol. The predicted octanol–water partition coefficient (Wildman–Crippen LogP) is 0.00420. The first-order chi connectivity index (χ1) is 5.07. The summed E-state index contributed by atoms with van der Waals surface area (Å²) in [6, 6.07) is 0.373. The molecule has 0 aromatic rings. The van der Waals surface area contributed by atoms with Gasteiger partial charge in [-0.15, -0.1) is 0 Å². The van der Waals surface area contributed by atoms with E-state index in [0.717, 1.165) is 0 Å². The van der Waals surface area contributed by atoms with Crippen molar-refractivity contribution >= 4 is 5.91 Å². The fourth-order valence-corrected chi connectivity index (χ4v) is 0.555. The molecule has 0 saturated heterocycles. The molecular formula is C7H16N2O2. The largest absolute Gasteiger partial charge is 0.295 e. The number of likely N-dealkylation sites (N-methyl/N-ethyl adjacent to an activating group) is 1. The lowest BCUT2D eigenvalue weighted by Crippen LogP contribution is -2.37. The number of nitrogens with one attached hydrogen (secondary N) is 1. The number of hydrogen-bond donors (Lipinski definition) is 1. The summed E-state index contributed by atoms with van der Waals surface area (Å²) in [4.78, 5) is 17.3. The maximum Gasteiger partial charge on any atom is 0.257 e. The highest BCUT2D eigenvalue weighted by Crippen LogP contribution is 1.91. The highest BCUT2D eigenvalue weighted by Gasteiger charge is 2.07. The van der Waals surface area contributed by atoms with Gasteiger partial charge in [-0.25, -0.2) is 5.48 Å². The number of hydrogen-bond acceptors (Lipinski definition) is 3. The van der Waals surface area contributed by atoms with Gasteiger partial charge in [-0.2, -0.15) is 0 Å². The van der Waals surface area contributed by atoms with E-state index < -0.39 is 0 Å². The van der Waals surface area contributed by atoms with Gasteiger partial charge in [0.2, 0.25) is 0 Å². The van der Waals surface area contributed by atoms with Crippen LogP contribution in [0.15, 0.2) is 0 Å². The minimum absolute atomic E-state index is 0.122. The van der Waals surface area contributed by atoms with E-state index in [1.54, 1.807) is 0 Å². The Labute approximate surface area is 67.5 Å². The van der Waals surface area contributed by atoms with Crippen molar-refractivity contribution in [2.75, 3.05) is 20.7 Å². The molecule has 0 saturated carbocycles. The van der Waals surface area contributed by atoms with Crippen molar-refractivity contribution in [1.82, 2.24) is 10.4 Å². The molecule has 0 radical (unpaired) electrons. The second kappa shape index (κ2) is 5.09. The molecule has 0 bridgehead atoms. The van der Waals surface area contributed by atoms with Gasteiger partial charge in [0.15, 0.2) is 0 Å². The van der Waals surface area contributed by atoms with Crippen LogP contribution in [0.5, 0.6) is 0 Å². The third kappa shape index (κ3) is 4.75. The van der Waals surface area contributed by atoms with Crippen LogP contribution in [0.2, 0.25) is 0 Å². The van der Waals surface area contributed by atoms with Crippen LogP contribution >= 0.6 is 0 Å². The Morgan fingerprint density at radius 1 is 1.64 bits per heavy atom. The van der Waals surface area contributed by atoms with E-state index in [0.29, 0.717) is 12.6 Å². The summed E-state index contributed by atoms with van der Waals surface area (Å²) >= 11 is 0. The Balaban J connectivity index is 3.57.